The normalized spacial score (nSPS) is 25.4. The molecule has 0 aliphatic carbocycles. The summed E-state index contributed by atoms with van der Waals surface area (Å²) in [6.45, 7) is 0.162. The van der Waals surface area contributed by atoms with Gasteiger partial charge >= 0.3 is 6.03 Å². The molecule has 0 bridgehead atoms. The van der Waals surface area contributed by atoms with Crippen LogP contribution in [0.4, 0.5) is 4.79 Å². The monoisotopic (exact) mass is 143 g/mol. The molecular formula is C5H9N3O2. The number of rotatable bonds is 1. The number of nitrogens with two attached hydrogens (primary N) is 1. The van der Waals surface area contributed by atoms with Crippen molar-refractivity contribution in [3.63, 3.8) is 0 Å². The number of likely N-dealkylation sites (N-methyl/N-ethyl adjacent to an activating group) is 1. The first kappa shape index (κ1) is 7.01. The molecule has 0 spiro atoms. The van der Waals surface area contributed by atoms with Crippen LogP contribution in [0.5, 0.6) is 0 Å². The van der Waals surface area contributed by atoms with Crippen LogP contribution in [0, 0.1) is 0 Å². The summed E-state index contributed by atoms with van der Waals surface area (Å²) >= 11 is 0. The molecule has 1 fully saturated rings. The highest BCUT2D eigenvalue weighted by Gasteiger charge is 2.33. The zero-order valence-electron chi connectivity index (χ0n) is 5.63. The molecule has 5 heteroatoms. The Morgan fingerprint density at radius 2 is 2.30 bits per heavy atom. The van der Waals surface area contributed by atoms with Gasteiger partial charge in [-0.3, -0.25) is 9.69 Å². The summed E-state index contributed by atoms with van der Waals surface area (Å²) in [7, 11) is 1.42. The van der Waals surface area contributed by atoms with E-state index in [0.29, 0.717) is 0 Å². The minimum absolute atomic E-state index is 0.162. The molecule has 3 amide bonds. The Balaban J connectivity index is 2.71. The highest BCUT2D eigenvalue weighted by atomic mass is 16.2. The molecule has 0 aromatic heterocycles. The fourth-order valence-electron chi connectivity index (χ4n) is 0.801. The molecule has 1 saturated heterocycles. The molecule has 10 heavy (non-hydrogen) atoms. The first-order valence-electron chi connectivity index (χ1n) is 2.95. The molecule has 1 unspecified atom stereocenters. The number of carbonyl (C=O) groups is 2. The Morgan fingerprint density at radius 3 is 2.50 bits per heavy atom. The van der Waals surface area contributed by atoms with E-state index in [1.165, 1.54) is 7.05 Å². The average Bonchev–Trinajstić information content (AvgIpc) is 2.17. The zero-order valence-corrected chi connectivity index (χ0v) is 5.63. The lowest BCUT2D eigenvalue weighted by Gasteiger charge is -2.02. The summed E-state index contributed by atoms with van der Waals surface area (Å²) in [4.78, 5) is 22.6. The van der Waals surface area contributed by atoms with Gasteiger partial charge in [-0.2, -0.15) is 0 Å². The lowest BCUT2D eigenvalue weighted by molar-refractivity contribution is -0.126. The quantitative estimate of drug-likeness (QED) is 0.438. The average molecular weight is 143 g/mol. The Kier molecular flexibility index (Phi) is 1.58. The van der Waals surface area contributed by atoms with Gasteiger partial charge in [0, 0.05) is 13.6 Å². The number of hydrogen-bond donors (Lipinski definition) is 2. The van der Waals surface area contributed by atoms with E-state index >= 15 is 0 Å². The Labute approximate surface area is 58.2 Å². The third-order valence-corrected chi connectivity index (χ3v) is 1.47. The van der Waals surface area contributed by atoms with Crippen LogP contribution < -0.4 is 11.1 Å². The Hall–Kier alpha value is -1.10. The van der Waals surface area contributed by atoms with Crippen molar-refractivity contribution in [1.82, 2.24) is 10.2 Å². The van der Waals surface area contributed by atoms with Crippen LogP contribution in [-0.2, 0) is 4.79 Å². The SMILES string of the molecule is CN1C(=O)NC(CN)C1=O. The van der Waals surface area contributed by atoms with Gasteiger partial charge < -0.3 is 11.1 Å². The fraction of sp³-hybridized carbons (Fsp3) is 0.600. The van der Waals surface area contributed by atoms with Crippen molar-refractivity contribution in [1.29, 1.82) is 0 Å². The third kappa shape index (κ3) is 0.841. The van der Waals surface area contributed by atoms with Gasteiger partial charge in [0.25, 0.3) is 5.91 Å². The zero-order chi connectivity index (χ0) is 7.72. The van der Waals surface area contributed by atoms with E-state index in [-0.39, 0.29) is 18.5 Å². The van der Waals surface area contributed by atoms with Crippen molar-refractivity contribution in [3.8, 4) is 0 Å². The fourth-order valence-corrected chi connectivity index (χ4v) is 0.801. The molecule has 1 rings (SSSR count). The summed E-state index contributed by atoms with van der Waals surface area (Å²) in [5.41, 5.74) is 5.19. The summed E-state index contributed by atoms with van der Waals surface area (Å²) in [5, 5.41) is 2.42. The summed E-state index contributed by atoms with van der Waals surface area (Å²) < 4.78 is 0. The second kappa shape index (κ2) is 2.26. The van der Waals surface area contributed by atoms with E-state index in [1.54, 1.807) is 0 Å². The van der Waals surface area contributed by atoms with Crippen LogP contribution in [0.25, 0.3) is 0 Å². The van der Waals surface area contributed by atoms with Gasteiger partial charge in [0.1, 0.15) is 6.04 Å². The minimum atomic E-state index is -0.516. The van der Waals surface area contributed by atoms with Gasteiger partial charge in [-0.25, -0.2) is 4.79 Å². The second-order valence-corrected chi connectivity index (χ2v) is 2.14. The van der Waals surface area contributed by atoms with Crippen LogP contribution in [0.3, 0.4) is 0 Å². The van der Waals surface area contributed by atoms with Crippen LogP contribution in [0.1, 0.15) is 0 Å². The Morgan fingerprint density at radius 1 is 1.70 bits per heavy atom. The van der Waals surface area contributed by atoms with Crippen LogP contribution in [0.15, 0.2) is 0 Å². The lowest BCUT2D eigenvalue weighted by Crippen LogP contribution is -2.36. The number of amides is 3. The minimum Gasteiger partial charge on any atom is -0.328 e. The summed E-state index contributed by atoms with van der Waals surface area (Å²) in [6, 6.07) is -0.891. The molecule has 1 aliphatic heterocycles. The van der Waals surface area contributed by atoms with Crippen LogP contribution in [0.2, 0.25) is 0 Å². The molecule has 1 atom stereocenters. The van der Waals surface area contributed by atoms with Crippen molar-refractivity contribution in [2.45, 2.75) is 6.04 Å². The lowest BCUT2D eigenvalue weighted by atomic mass is 10.3. The number of urea groups is 1. The van der Waals surface area contributed by atoms with E-state index in [0.717, 1.165) is 4.90 Å². The first-order chi connectivity index (χ1) is 4.66. The standard InChI is InChI=1S/C5H9N3O2/c1-8-4(9)3(2-6)7-5(8)10/h3H,2,6H2,1H3,(H,7,10). The molecule has 0 aromatic rings. The van der Waals surface area contributed by atoms with Crippen LogP contribution >= 0.6 is 0 Å². The van der Waals surface area contributed by atoms with Gasteiger partial charge in [0.05, 0.1) is 0 Å². The predicted molar refractivity (Wildman–Crippen MR) is 34.1 cm³/mol. The highest BCUT2D eigenvalue weighted by Crippen LogP contribution is 2.00. The van der Waals surface area contributed by atoms with Crippen molar-refractivity contribution >= 4 is 11.9 Å². The summed E-state index contributed by atoms with van der Waals surface area (Å²) in [5.74, 6) is -0.257. The molecular weight excluding hydrogens is 134 g/mol. The molecule has 0 radical (unpaired) electrons. The molecule has 0 saturated carbocycles. The molecule has 5 nitrogen and oxygen atoms in total. The topological polar surface area (TPSA) is 75.4 Å². The second-order valence-electron chi connectivity index (χ2n) is 2.14. The van der Waals surface area contributed by atoms with Gasteiger partial charge in [0.15, 0.2) is 0 Å². The smallest absolute Gasteiger partial charge is 0.324 e. The largest absolute Gasteiger partial charge is 0.328 e. The van der Waals surface area contributed by atoms with E-state index in [4.69, 9.17) is 5.73 Å². The predicted octanol–water partition coefficient (Wildman–Crippen LogP) is -1.50. The van der Waals surface area contributed by atoms with Crippen molar-refractivity contribution < 1.29 is 9.59 Å². The number of nitrogens with zero attached hydrogens (tertiary/aromatic N) is 1. The van der Waals surface area contributed by atoms with E-state index in [1.807, 2.05) is 0 Å². The maximum absolute atomic E-state index is 10.9. The van der Waals surface area contributed by atoms with Crippen molar-refractivity contribution in [2.75, 3.05) is 13.6 Å². The molecule has 1 aliphatic rings. The number of nitrogens with one attached hydrogen (secondary N) is 1. The molecule has 56 valence electrons. The number of hydrogen-bond acceptors (Lipinski definition) is 3. The van der Waals surface area contributed by atoms with E-state index < -0.39 is 6.04 Å². The molecule has 3 N–H and O–H groups in total. The molecule has 1 heterocycles. The summed E-state index contributed by atoms with van der Waals surface area (Å²) in [6.07, 6.45) is 0. The maximum atomic E-state index is 10.9. The van der Waals surface area contributed by atoms with E-state index in [9.17, 15) is 9.59 Å². The Bertz CT molecular complexity index is 180. The first-order valence-corrected chi connectivity index (χ1v) is 2.95. The van der Waals surface area contributed by atoms with Gasteiger partial charge in [0.2, 0.25) is 0 Å². The maximum Gasteiger partial charge on any atom is 0.324 e. The number of imide groups is 1. The highest BCUT2D eigenvalue weighted by molar-refractivity contribution is 6.03. The molecule has 0 aromatic carbocycles. The van der Waals surface area contributed by atoms with Crippen molar-refractivity contribution in [2.24, 2.45) is 5.73 Å². The van der Waals surface area contributed by atoms with Gasteiger partial charge in [-0.05, 0) is 0 Å². The third-order valence-electron chi connectivity index (χ3n) is 1.47. The van der Waals surface area contributed by atoms with Crippen LogP contribution in [-0.4, -0.2) is 36.5 Å². The number of carbonyl (C=O) groups excluding carboxylic acids is 2. The van der Waals surface area contributed by atoms with E-state index in [2.05, 4.69) is 5.32 Å². The van der Waals surface area contributed by atoms with Crippen molar-refractivity contribution in [3.05, 3.63) is 0 Å². The van der Waals surface area contributed by atoms with Gasteiger partial charge in [-0.1, -0.05) is 0 Å². The van der Waals surface area contributed by atoms with Gasteiger partial charge in [-0.15, -0.1) is 0 Å².